The average molecular weight is 476 g/mol. The highest BCUT2D eigenvalue weighted by Gasteiger charge is 2.23. The molecule has 1 N–H and O–H groups in total. The molecule has 1 aliphatic rings. The van der Waals surface area contributed by atoms with Crippen molar-refractivity contribution in [3.8, 4) is 28.8 Å². The number of methoxy groups -OCH3 is 2. The van der Waals surface area contributed by atoms with Crippen LogP contribution in [0.15, 0.2) is 48.5 Å². The van der Waals surface area contributed by atoms with E-state index in [4.69, 9.17) is 24.2 Å². The van der Waals surface area contributed by atoms with E-state index in [0.717, 1.165) is 40.8 Å². The monoisotopic (exact) mass is 475 g/mol. The molecular formula is C26H25N3O4S. The summed E-state index contributed by atoms with van der Waals surface area (Å²) in [6.07, 6.45) is 4.34. The van der Waals surface area contributed by atoms with Gasteiger partial charge in [-0.15, -0.1) is 11.3 Å². The number of fused-ring (bicyclic) bond motifs is 3. The topological polar surface area (TPSA) is 82.6 Å². The number of ether oxygens (including phenoxy) is 3. The van der Waals surface area contributed by atoms with Crippen LogP contribution >= 0.6 is 11.3 Å². The summed E-state index contributed by atoms with van der Waals surface area (Å²) in [5.74, 6) is 2.19. The van der Waals surface area contributed by atoms with Crippen LogP contribution in [-0.2, 0) is 17.6 Å². The van der Waals surface area contributed by atoms with Crippen molar-refractivity contribution in [2.75, 3.05) is 26.1 Å². The SMILES string of the molecule is COc1ccc(-c2nc(OCC(=O)Nc3cccc(OC)c3)c3c4c(sc3n2)CCCC4)cc1. The molecule has 0 unspecified atom stereocenters. The summed E-state index contributed by atoms with van der Waals surface area (Å²) in [6, 6.07) is 14.8. The molecule has 2 aromatic heterocycles. The van der Waals surface area contributed by atoms with E-state index in [1.807, 2.05) is 36.4 Å². The predicted octanol–water partition coefficient (Wildman–Crippen LogP) is 5.27. The van der Waals surface area contributed by atoms with Gasteiger partial charge in [0.05, 0.1) is 19.6 Å². The number of hydrogen-bond donors (Lipinski definition) is 1. The van der Waals surface area contributed by atoms with Crippen LogP contribution in [0, 0.1) is 0 Å². The third-order valence-electron chi connectivity index (χ3n) is 5.82. The molecule has 0 bridgehead atoms. The highest BCUT2D eigenvalue weighted by molar-refractivity contribution is 7.18. The Balaban J connectivity index is 1.45. The Bertz CT molecular complexity index is 1330. The Morgan fingerprint density at radius 1 is 1.00 bits per heavy atom. The summed E-state index contributed by atoms with van der Waals surface area (Å²) in [6.45, 7) is -0.157. The molecule has 174 valence electrons. The zero-order valence-corrected chi connectivity index (χ0v) is 19.9. The molecule has 4 aromatic rings. The molecule has 7 nitrogen and oxygen atoms in total. The number of carbonyl (C=O) groups is 1. The van der Waals surface area contributed by atoms with Crippen molar-refractivity contribution >= 4 is 33.1 Å². The molecule has 0 saturated heterocycles. The summed E-state index contributed by atoms with van der Waals surface area (Å²) in [5, 5.41) is 3.79. The molecule has 1 aliphatic carbocycles. The second-order valence-corrected chi connectivity index (χ2v) is 9.12. The Labute approximate surface area is 201 Å². The molecule has 0 radical (unpaired) electrons. The molecule has 0 saturated carbocycles. The standard InChI is InChI=1S/C26H25N3O4S/c1-31-18-12-10-16(11-13-18)24-28-25(23-20-8-3-4-9-21(20)34-26(23)29-24)33-15-22(30)27-17-6-5-7-19(14-17)32-2/h5-7,10-14H,3-4,8-9,15H2,1-2H3,(H,27,30). The van der Waals surface area contributed by atoms with Crippen molar-refractivity contribution in [2.24, 2.45) is 0 Å². The summed E-state index contributed by atoms with van der Waals surface area (Å²) < 4.78 is 16.5. The first-order chi connectivity index (χ1) is 16.6. The first-order valence-corrected chi connectivity index (χ1v) is 12.0. The molecule has 0 fully saturated rings. The van der Waals surface area contributed by atoms with E-state index in [2.05, 4.69) is 5.32 Å². The van der Waals surface area contributed by atoms with E-state index in [1.165, 1.54) is 16.9 Å². The van der Waals surface area contributed by atoms with Crippen LogP contribution in [0.3, 0.4) is 0 Å². The summed E-state index contributed by atoms with van der Waals surface area (Å²) in [7, 11) is 3.22. The van der Waals surface area contributed by atoms with Crippen LogP contribution in [-0.4, -0.2) is 36.7 Å². The van der Waals surface area contributed by atoms with Crippen LogP contribution in [0.1, 0.15) is 23.3 Å². The number of anilines is 1. The van der Waals surface area contributed by atoms with Gasteiger partial charge in [-0.25, -0.2) is 4.98 Å². The number of thiophene rings is 1. The van der Waals surface area contributed by atoms with Gasteiger partial charge >= 0.3 is 0 Å². The number of hydrogen-bond acceptors (Lipinski definition) is 7. The maximum atomic E-state index is 12.6. The van der Waals surface area contributed by atoms with Crippen LogP contribution in [0.4, 0.5) is 5.69 Å². The number of nitrogens with zero attached hydrogens (tertiary/aromatic N) is 2. The lowest BCUT2D eigenvalue weighted by Crippen LogP contribution is -2.20. The van der Waals surface area contributed by atoms with Gasteiger partial charge in [-0.05, 0) is 67.6 Å². The second kappa shape index (κ2) is 9.69. The third-order valence-corrected chi connectivity index (χ3v) is 7.01. The van der Waals surface area contributed by atoms with E-state index in [1.54, 1.807) is 37.7 Å². The van der Waals surface area contributed by atoms with E-state index in [-0.39, 0.29) is 12.5 Å². The molecule has 0 atom stereocenters. The maximum absolute atomic E-state index is 12.6. The average Bonchev–Trinajstić information content (AvgIpc) is 3.26. The van der Waals surface area contributed by atoms with E-state index in [0.29, 0.717) is 23.1 Å². The number of carbonyl (C=O) groups excluding carboxylic acids is 1. The Hall–Kier alpha value is -3.65. The Morgan fingerprint density at radius 3 is 2.59 bits per heavy atom. The number of nitrogens with one attached hydrogen (secondary N) is 1. The van der Waals surface area contributed by atoms with Gasteiger partial charge in [0.25, 0.3) is 5.91 Å². The first kappa shape index (κ1) is 22.2. The van der Waals surface area contributed by atoms with Gasteiger partial charge in [0.2, 0.25) is 5.88 Å². The molecular weight excluding hydrogens is 450 g/mol. The van der Waals surface area contributed by atoms with Gasteiger partial charge in [-0.3, -0.25) is 4.79 Å². The van der Waals surface area contributed by atoms with Crippen molar-refractivity contribution in [1.29, 1.82) is 0 Å². The predicted molar refractivity (Wildman–Crippen MR) is 133 cm³/mol. The van der Waals surface area contributed by atoms with E-state index >= 15 is 0 Å². The minimum atomic E-state index is -0.268. The number of rotatable bonds is 7. The highest BCUT2D eigenvalue weighted by atomic mass is 32.1. The van der Waals surface area contributed by atoms with Crippen molar-refractivity contribution < 1.29 is 19.0 Å². The van der Waals surface area contributed by atoms with Crippen LogP contribution in [0.25, 0.3) is 21.6 Å². The van der Waals surface area contributed by atoms with Crippen LogP contribution in [0.2, 0.25) is 0 Å². The molecule has 5 rings (SSSR count). The lowest BCUT2D eigenvalue weighted by molar-refractivity contribution is -0.118. The molecule has 8 heteroatoms. The number of aryl methyl sites for hydroxylation is 2. The van der Waals surface area contributed by atoms with Crippen molar-refractivity contribution in [1.82, 2.24) is 9.97 Å². The molecule has 34 heavy (non-hydrogen) atoms. The van der Waals surface area contributed by atoms with Gasteiger partial charge in [-0.2, -0.15) is 4.98 Å². The summed E-state index contributed by atoms with van der Waals surface area (Å²) in [4.78, 5) is 24.5. The second-order valence-electron chi connectivity index (χ2n) is 8.04. The smallest absolute Gasteiger partial charge is 0.262 e. The van der Waals surface area contributed by atoms with Gasteiger partial charge < -0.3 is 19.5 Å². The highest BCUT2D eigenvalue weighted by Crippen LogP contribution is 2.40. The lowest BCUT2D eigenvalue weighted by atomic mass is 9.97. The fourth-order valence-corrected chi connectivity index (χ4v) is 5.38. The molecule has 2 aromatic carbocycles. The van der Waals surface area contributed by atoms with E-state index in [9.17, 15) is 4.79 Å². The van der Waals surface area contributed by atoms with Crippen molar-refractivity contribution in [3.05, 3.63) is 59.0 Å². The number of amides is 1. The minimum Gasteiger partial charge on any atom is -0.497 e. The minimum absolute atomic E-state index is 0.157. The fourth-order valence-electron chi connectivity index (χ4n) is 4.13. The van der Waals surface area contributed by atoms with Crippen molar-refractivity contribution in [3.63, 3.8) is 0 Å². The molecule has 0 aliphatic heterocycles. The first-order valence-electron chi connectivity index (χ1n) is 11.2. The van der Waals surface area contributed by atoms with Gasteiger partial charge in [-0.1, -0.05) is 6.07 Å². The molecule has 0 spiro atoms. The maximum Gasteiger partial charge on any atom is 0.262 e. The Kier molecular flexibility index (Phi) is 6.31. The van der Waals surface area contributed by atoms with Crippen LogP contribution in [0.5, 0.6) is 17.4 Å². The fraction of sp³-hybridized carbons (Fsp3) is 0.269. The summed E-state index contributed by atoms with van der Waals surface area (Å²) in [5.41, 5.74) is 2.77. The van der Waals surface area contributed by atoms with E-state index < -0.39 is 0 Å². The third kappa shape index (κ3) is 4.54. The molecule has 2 heterocycles. The Morgan fingerprint density at radius 2 is 1.79 bits per heavy atom. The zero-order valence-electron chi connectivity index (χ0n) is 19.1. The summed E-state index contributed by atoms with van der Waals surface area (Å²) >= 11 is 1.70. The normalized spacial score (nSPS) is 12.8. The quantitative estimate of drug-likeness (QED) is 0.392. The van der Waals surface area contributed by atoms with Crippen molar-refractivity contribution in [2.45, 2.75) is 25.7 Å². The van der Waals surface area contributed by atoms with Gasteiger partial charge in [0, 0.05) is 22.2 Å². The lowest BCUT2D eigenvalue weighted by Gasteiger charge is -2.13. The largest absolute Gasteiger partial charge is 0.497 e. The number of aromatic nitrogens is 2. The zero-order chi connectivity index (χ0) is 23.5. The van der Waals surface area contributed by atoms with Gasteiger partial charge in [0.15, 0.2) is 12.4 Å². The van der Waals surface area contributed by atoms with Crippen LogP contribution < -0.4 is 19.5 Å². The molecule has 1 amide bonds. The number of benzene rings is 2. The van der Waals surface area contributed by atoms with Gasteiger partial charge in [0.1, 0.15) is 16.3 Å².